The number of benzene rings is 1. The van der Waals surface area contributed by atoms with Crippen molar-refractivity contribution in [2.75, 3.05) is 26.0 Å². The van der Waals surface area contributed by atoms with E-state index in [0.717, 1.165) is 19.6 Å². The van der Waals surface area contributed by atoms with E-state index in [1.165, 1.54) is 25.7 Å². The Balaban J connectivity index is 0.00000220. The summed E-state index contributed by atoms with van der Waals surface area (Å²) in [4.78, 5) is 12.2. The van der Waals surface area contributed by atoms with Crippen LogP contribution in [0.3, 0.4) is 0 Å². The number of ether oxygens (including phenoxy) is 1. The summed E-state index contributed by atoms with van der Waals surface area (Å²) in [5.74, 6) is -0.0407. The van der Waals surface area contributed by atoms with Crippen LogP contribution in [0.15, 0.2) is 24.3 Å². The van der Waals surface area contributed by atoms with Crippen LogP contribution in [0.25, 0.3) is 0 Å². The van der Waals surface area contributed by atoms with Crippen LogP contribution in [0.5, 0.6) is 0 Å². The second-order valence-electron chi connectivity index (χ2n) is 5.76. The van der Waals surface area contributed by atoms with Crippen molar-refractivity contribution >= 4 is 24.0 Å². The molecule has 1 aliphatic rings. The van der Waals surface area contributed by atoms with Crippen LogP contribution in [0, 0.1) is 5.41 Å². The molecule has 0 atom stereocenters. The van der Waals surface area contributed by atoms with E-state index in [1.54, 1.807) is 31.4 Å². The first-order valence-electron chi connectivity index (χ1n) is 7.28. The number of nitrogens with two attached hydrogens (primary N) is 1. The summed E-state index contributed by atoms with van der Waals surface area (Å²) in [7, 11) is 1.73. The minimum atomic E-state index is -0.0407. The fourth-order valence-electron chi connectivity index (χ4n) is 3.01. The van der Waals surface area contributed by atoms with E-state index in [1.807, 2.05) is 0 Å². The fraction of sp³-hybridized carbons (Fsp3) is 0.562. The van der Waals surface area contributed by atoms with Crippen molar-refractivity contribution in [3.8, 4) is 0 Å². The molecule has 118 valence electrons. The van der Waals surface area contributed by atoms with Crippen molar-refractivity contribution < 1.29 is 9.53 Å². The molecule has 1 saturated carbocycles. The van der Waals surface area contributed by atoms with Gasteiger partial charge in [-0.25, -0.2) is 0 Å². The van der Waals surface area contributed by atoms with Crippen LogP contribution in [0.4, 0.5) is 5.69 Å². The van der Waals surface area contributed by atoms with Crippen LogP contribution >= 0.6 is 12.4 Å². The highest BCUT2D eigenvalue weighted by molar-refractivity contribution is 5.95. The zero-order chi connectivity index (χ0) is 14.4. The number of nitrogens with one attached hydrogen (secondary N) is 1. The predicted octanol–water partition coefficient (Wildman–Crippen LogP) is 3.02. The van der Waals surface area contributed by atoms with Crippen LogP contribution in [-0.2, 0) is 4.74 Å². The van der Waals surface area contributed by atoms with E-state index < -0.39 is 0 Å². The van der Waals surface area contributed by atoms with Gasteiger partial charge in [-0.2, -0.15) is 0 Å². The molecule has 0 saturated heterocycles. The highest BCUT2D eigenvalue weighted by atomic mass is 35.5. The second kappa shape index (κ2) is 8.25. The molecule has 2 rings (SSSR count). The molecule has 3 N–H and O–H groups in total. The van der Waals surface area contributed by atoms with Crippen molar-refractivity contribution in [1.29, 1.82) is 0 Å². The minimum Gasteiger partial charge on any atom is -0.399 e. The molecule has 0 bridgehead atoms. The lowest BCUT2D eigenvalue weighted by Crippen LogP contribution is -2.36. The number of hydrogen-bond acceptors (Lipinski definition) is 3. The third-order valence-corrected chi connectivity index (χ3v) is 4.27. The molecule has 1 amide bonds. The molecule has 0 aromatic heterocycles. The molecular formula is C16H25ClN2O2. The van der Waals surface area contributed by atoms with Gasteiger partial charge >= 0.3 is 0 Å². The Labute approximate surface area is 132 Å². The van der Waals surface area contributed by atoms with Gasteiger partial charge in [0, 0.05) is 31.5 Å². The summed E-state index contributed by atoms with van der Waals surface area (Å²) >= 11 is 0. The van der Waals surface area contributed by atoms with Gasteiger partial charge < -0.3 is 15.8 Å². The highest BCUT2D eigenvalue weighted by Crippen LogP contribution is 2.40. The Bertz CT molecular complexity index is 459. The maximum Gasteiger partial charge on any atom is 0.251 e. The standard InChI is InChI=1S/C16H24N2O2.ClH/c1-20-10-9-16(7-2-3-8-16)12-18-15(19)13-5-4-6-14(17)11-13;/h4-6,11H,2-3,7-10,12,17H2,1H3,(H,18,19);1H. The number of nitrogen functional groups attached to an aromatic ring is 1. The van der Waals surface area contributed by atoms with Gasteiger partial charge in [0.2, 0.25) is 0 Å². The molecule has 1 aromatic rings. The molecule has 1 aliphatic carbocycles. The molecule has 0 heterocycles. The van der Waals surface area contributed by atoms with Gasteiger partial charge in [0.05, 0.1) is 0 Å². The molecular weight excluding hydrogens is 288 g/mol. The summed E-state index contributed by atoms with van der Waals surface area (Å²) < 4.78 is 5.21. The van der Waals surface area contributed by atoms with E-state index >= 15 is 0 Å². The summed E-state index contributed by atoms with van der Waals surface area (Å²) in [6, 6.07) is 7.10. The smallest absolute Gasteiger partial charge is 0.251 e. The number of halogens is 1. The molecule has 1 fully saturated rings. The predicted molar refractivity (Wildman–Crippen MR) is 87.8 cm³/mol. The van der Waals surface area contributed by atoms with Gasteiger partial charge in [-0.3, -0.25) is 4.79 Å². The lowest BCUT2D eigenvalue weighted by atomic mass is 9.83. The lowest BCUT2D eigenvalue weighted by molar-refractivity contribution is 0.0903. The normalized spacial score (nSPS) is 16.2. The molecule has 0 unspecified atom stereocenters. The van der Waals surface area contributed by atoms with E-state index in [2.05, 4.69) is 5.32 Å². The van der Waals surface area contributed by atoms with Crippen LogP contribution in [0.1, 0.15) is 42.5 Å². The number of carbonyl (C=O) groups is 1. The molecule has 4 nitrogen and oxygen atoms in total. The van der Waals surface area contributed by atoms with Crippen molar-refractivity contribution in [1.82, 2.24) is 5.32 Å². The zero-order valence-electron chi connectivity index (χ0n) is 12.6. The van der Waals surface area contributed by atoms with Crippen molar-refractivity contribution in [3.05, 3.63) is 29.8 Å². The van der Waals surface area contributed by atoms with E-state index in [0.29, 0.717) is 11.3 Å². The number of methoxy groups -OCH3 is 1. The maximum absolute atomic E-state index is 12.2. The average molecular weight is 313 g/mol. The largest absolute Gasteiger partial charge is 0.399 e. The van der Waals surface area contributed by atoms with Crippen LogP contribution < -0.4 is 11.1 Å². The topological polar surface area (TPSA) is 64.3 Å². The number of amides is 1. The van der Waals surface area contributed by atoms with Gasteiger partial charge in [-0.15, -0.1) is 12.4 Å². The third-order valence-electron chi connectivity index (χ3n) is 4.27. The van der Waals surface area contributed by atoms with E-state index in [4.69, 9.17) is 10.5 Å². The maximum atomic E-state index is 12.2. The lowest BCUT2D eigenvalue weighted by Gasteiger charge is -2.29. The number of carbonyl (C=O) groups excluding carboxylic acids is 1. The molecule has 21 heavy (non-hydrogen) atoms. The summed E-state index contributed by atoms with van der Waals surface area (Å²) in [5.41, 5.74) is 7.17. The van der Waals surface area contributed by atoms with E-state index in [9.17, 15) is 4.79 Å². The summed E-state index contributed by atoms with van der Waals surface area (Å²) in [6.45, 7) is 1.48. The Morgan fingerprint density at radius 3 is 2.71 bits per heavy atom. The first-order valence-corrected chi connectivity index (χ1v) is 7.28. The van der Waals surface area contributed by atoms with Gasteiger partial charge in [0.1, 0.15) is 0 Å². The molecule has 5 heteroatoms. The second-order valence-corrected chi connectivity index (χ2v) is 5.76. The molecule has 0 spiro atoms. The van der Waals surface area contributed by atoms with Gasteiger partial charge in [-0.1, -0.05) is 18.9 Å². The monoisotopic (exact) mass is 312 g/mol. The summed E-state index contributed by atoms with van der Waals surface area (Å²) in [5, 5.41) is 3.07. The van der Waals surface area contributed by atoms with Gasteiger partial charge in [0.15, 0.2) is 0 Å². The third kappa shape index (κ3) is 4.90. The fourth-order valence-corrected chi connectivity index (χ4v) is 3.01. The quantitative estimate of drug-likeness (QED) is 0.794. The average Bonchev–Trinajstić information content (AvgIpc) is 2.92. The Morgan fingerprint density at radius 1 is 1.38 bits per heavy atom. The van der Waals surface area contributed by atoms with Crippen molar-refractivity contribution in [3.63, 3.8) is 0 Å². The Kier molecular flexibility index (Phi) is 6.99. The first-order chi connectivity index (χ1) is 9.65. The van der Waals surface area contributed by atoms with Crippen molar-refractivity contribution in [2.45, 2.75) is 32.1 Å². The highest BCUT2D eigenvalue weighted by Gasteiger charge is 2.33. The van der Waals surface area contributed by atoms with Crippen LogP contribution in [0.2, 0.25) is 0 Å². The van der Waals surface area contributed by atoms with Gasteiger partial charge in [-0.05, 0) is 42.9 Å². The molecule has 0 aliphatic heterocycles. The number of hydrogen-bond donors (Lipinski definition) is 2. The molecule has 1 aromatic carbocycles. The summed E-state index contributed by atoms with van der Waals surface area (Å²) in [6.07, 6.45) is 5.86. The van der Waals surface area contributed by atoms with Gasteiger partial charge in [0.25, 0.3) is 5.91 Å². The van der Waals surface area contributed by atoms with Crippen LogP contribution in [-0.4, -0.2) is 26.2 Å². The van der Waals surface area contributed by atoms with Crippen molar-refractivity contribution in [2.24, 2.45) is 5.41 Å². The number of rotatable bonds is 6. The van der Waals surface area contributed by atoms with E-state index in [-0.39, 0.29) is 23.7 Å². The number of anilines is 1. The zero-order valence-corrected chi connectivity index (χ0v) is 13.4. The minimum absolute atomic E-state index is 0. The molecule has 0 radical (unpaired) electrons. The SMILES string of the molecule is COCCC1(CNC(=O)c2cccc(N)c2)CCCC1.Cl. The first kappa shape index (κ1) is 17.8. The Morgan fingerprint density at radius 2 is 2.10 bits per heavy atom. The Hall–Kier alpha value is -1.26.